The van der Waals surface area contributed by atoms with Crippen LogP contribution in [0.5, 0.6) is 0 Å². The number of fused-ring (bicyclic) bond motifs is 3. The van der Waals surface area contributed by atoms with Gasteiger partial charge in [-0.2, -0.15) is 0 Å². The summed E-state index contributed by atoms with van der Waals surface area (Å²) in [5.74, 6) is 0. The van der Waals surface area contributed by atoms with Crippen molar-refractivity contribution >= 4 is 86.6 Å². The van der Waals surface area contributed by atoms with Crippen LogP contribution in [0.25, 0.3) is 120 Å². The first-order valence-electron chi connectivity index (χ1n) is 17.7. The van der Waals surface area contributed by atoms with Crippen LogP contribution in [0, 0.1) is 0 Å². The molecular formula is C50H28O. The van der Waals surface area contributed by atoms with E-state index in [1.807, 2.05) is 6.07 Å². The van der Waals surface area contributed by atoms with Gasteiger partial charge in [0.1, 0.15) is 11.2 Å². The second-order valence-corrected chi connectivity index (χ2v) is 14.0. The van der Waals surface area contributed by atoms with Gasteiger partial charge in [-0.15, -0.1) is 0 Å². The van der Waals surface area contributed by atoms with Crippen molar-refractivity contribution in [1.29, 1.82) is 0 Å². The van der Waals surface area contributed by atoms with Crippen molar-refractivity contribution in [3.05, 3.63) is 170 Å². The van der Waals surface area contributed by atoms with E-state index in [9.17, 15) is 0 Å². The average Bonchev–Trinajstić information content (AvgIpc) is 3.58. The Labute approximate surface area is 293 Å². The Kier molecular flexibility index (Phi) is 5.29. The number of rotatable bonds is 3. The third-order valence-corrected chi connectivity index (χ3v) is 11.3. The second kappa shape index (κ2) is 9.94. The second-order valence-electron chi connectivity index (χ2n) is 14.0. The van der Waals surface area contributed by atoms with E-state index in [0.29, 0.717) is 0 Å². The number of para-hydroxylation sites is 2. The van der Waals surface area contributed by atoms with Crippen LogP contribution in [0.15, 0.2) is 174 Å². The number of hydrogen-bond donors (Lipinski definition) is 0. The van der Waals surface area contributed by atoms with E-state index in [0.717, 1.165) is 33.1 Å². The summed E-state index contributed by atoms with van der Waals surface area (Å²) in [4.78, 5) is 0. The molecule has 0 aliphatic heterocycles. The molecule has 0 aliphatic rings. The maximum Gasteiger partial charge on any atom is 0.143 e. The summed E-state index contributed by atoms with van der Waals surface area (Å²) >= 11 is 0. The van der Waals surface area contributed by atoms with Crippen molar-refractivity contribution in [3.8, 4) is 33.4 Å². The molecule has 0 radical (unpaired) electrons. The molecule has 0 bridgehead atoms. The Morgan fingerprint density at radius 3 is 1.27 bits per heavy atom. The molecule has 12 aromatic rings. The summed E-state index contributed by atoms with van der Waals surface area (Å²) in [6.07, 6.45) is 0. The van der Waals surface area contributed by atoms with E-state index in [4.69, 9.17) is 4.42 Å². The van der Waals surface area contributed by atoms with Gasteiger partial charge in [-0.1, -0.05) is 146 Å². The monoisotopic (exact) mass is 644 g/mol. The van der Waals surface area contributed by atoms with Gasteiger partial charge in [0.2, 0.25) is 0 Å². The summed E-state index contributed by atoms with van der Waals surface area (Å²) in [5.41, 5.74) is 8.93. The van der Waals surface area contributed by atoms with E-state index in [-0.39, 0.29) is 0 Å². The molecule has 0 amide bonds. The van der Waals surface area contributed by atoms with Gasteiger partial charge < -0.3 is 4.42 Å². The van der Waals surface area contributed by atoms with Crippen LogP contribution in [0.2, 0.25) is 0 Å². The van der Waals surface area contributed by atoms with Gasteiger partial charge in [0, 0.05) is 16.3 Å². The van der Waals surface area contributed by atoms with Crippen LogP contribution in [0.1, 0.15) is 0 Å². The highest BCUT2D eigenvalue weighted by molar-refractivity contribution is 6.27. The molecule has 0 saturated heterocycles. The van der Waals surface area contributed by atoms with Gasteiger partial charge in [0.05, 0.1) is 0 Å². The van der Waals surface area contributed by atoms with Crippen molar-refractivity contribution in [1.82, 2.24) is 0 Å². The van der Waals surface area contributed by atoms with Crippen LogP contribution in [-0.2, 0) is 0 Å². The maximum atomic E-state index is 6.62. The van der Waals surface area contributed by atoms with E-state index in [2.05, 4.69) is 164 Å². The summed E-state index contributed by atoms with van der Waals surface area (Å²) < 4.78 is 6.62. The highest BCUT2D eigenvalue weighted by Gasteiger charge is 2.19. The van der Waals surface area contributed by atoms with Crippen molar-refractivity contribution in [2.75, 3.05) is 0 Å². The third kappa shape index (κ3) is 3.75. The van der Waals surface area contributed by atoms with E-state index >= 15 is 0 Å². The van der Waals surface area contributed by atoms with Crippen LogP contribution < -0.4 is 0 Å². The topological polar surface area (TPSA) is 13.1 Å². The van der Waals surface area contributed by atoms with Crippen molar-refractivity contribution in [2.45, 2.75) is 0 Å². The Hall–Kier alpha value is -6.70. The lowest BCUT2D eigenvalue weighted by Gasteiger charge is -2.18. The summed E-state index contributed by atoms with van der Waals surface area (Å²) in [6, 6.07) is 62.8. The normalized spacial score (nSPS) is 12.3. The minimum Gasteiger partial charge on any atom is -0.455 e. The summed E-state index contributed by atoms with van der Waals surface area (Å²) in [5, 5.41) is 17.8. The predicted molar refractivity (Wildman–Crippen MR) is 217 cm³/mol. The molecule has 51 heavy (non-hydrogen) atoms. The fraction of sp³-hybridized carbons (Fsp3) is 0. The van der Waals surface area contributed by atoms with Crippen molar-refractivity contribution in [2.24, 2.45) is 0 Å². The summed E-state index contributed by atoms with van der Waals surface area (Å²) in [6.45, 7) is 0. The van der Waals surface area contributed by atoms with Crippen molar-refractivity contribution in [3.63, 3.8) is 0 Å². The zero-order chi connectivity index (χ0) is 33.2. The highest BCUT2D eigenvalue weighted by Crippen LogP contribution is 2.45. The first-order valence-corrected chi connectivity index (χ1v) is 17.7. The predicted octanol–water partition coefficient (Wildman–Crippen LogP) is 14.4. The molecule has 1 heteroatoms. The molecule has 0 unspecified atom stereocenters. The van der Waals surface area contributed by atoms with Crippen LogP contribution in [0.3, 0.4) is 0 Å². The quantitative estimate of drug-likeness (QED) is 0.174. The molecule has 0 atom stereocenters. The molecule has 0 N–H and O–H groups in total. The Morgan fingerprint density at radius 2 is 0.706 bits per heavy atom. The van der Waals surface area contributed by atoms with Crippen LogP contribution in [-0.4, -0.2) is 0 Å². The molecule has 234 valence electrons. The fourth-order valence-electron chi connectivity index (χ4n) is 9.04. The minimum absolute atomic E-state index is 0.912. The Bertz CT molecular complexity index is 3160. The molecule has 1 nitrogen and oxygen atoms in total. The lowest BCUT2D eigenvalue weighted by atomic mass is 9.86. The van der Waals surface area contributed by atoms with Gasteiger partial charge in [0.15, 0.2) is 0 Å². The van der Waals surface area contributed by atoms with E-state index in [1.165, 1.54) is 86.9 Å². The third-order valence-electron chi connectivity index (χ3n) is 11.3. The Balaban J connectivity index is 1.19. The highest BCUT2D eigenvalue weighted by atomic mass is 16.3. The van der Waals surface area contributed by atoms with Gasteiger partial charge in [-0.3, -0.25) is 0 Å². The van der Waals surface area contributed by atoms with Crippen LogP contribution in [0.4, 0.5) is 0 Å². The summed E-state index contributed by atoms with van der Waals surface area (Å²) in [7, 11) is 0. The minimum atomic E-state index is 0.912. The van der Waals surface area contributed by atoms with Gasteiger partial charge in [0.25, 0.3) is 0 Å². The van der Waals surface area contributed by atoms with Gasteiger partial charge in [-0.05, 0) is 117 Å². The lowest BCUT2D eigenvalue weighted by Crippen LogP contribution is -1.91. The molecule has 0 spiro atoms. The SMILES string of the molecule is c1cc2ccc3ccc(-c4cc(-c5ccc6ccc7cccc8ccc5c6c78)cc(-c5cccc6c5oc5ccccc56)c4)c4ccc(c1)c2c34. The number of hydrogen-bond acceptors (Lipinski definition) is 1. The van der Waals surface area contributed by atoms with Gasteiger partial charge in [-0.25, -0.2) is 0 Å². The van der Waals surface area contributed by atoms with E-state index in [1.54, 1.807) is 0 Å². The first-order chi connectivity index (χ1) is 25.3. The molecule has 0 fully saturated rings. The zero-order valence-corrected chi connectivity index (χ0v) is 27.6. The largest absolute Gasteiger partial charge is 0.455 e. The maximum absolute atomic E-state index is 6.62. The van der Waals surface area contributed by atoms with E-state index < -0.39 is 0 Å². The molecule has 0 saturated carbocycles. The standard InChI is InChI=1S/C50H28O/c1-2-13-45-41(10-1)44-12-5-11-40(50(44)51-45)37-27-35(38-22-18-33-16-14-29-6-3-8-31-20-24-42(38)48(33)46(29)31)26-36(28-37)39-23-19-34-17-15-30-7-4-9-32-21-25-43(39)49(34)47(30)32/h1-28H. The smallest absolute Gasteiger partial charge is 0.143 e. The molecule has 1 heterocycles. The average molecular weight is 645 g/mol. The fourth-order valence-corrected chi connectivity index (χ4v) is 9.04. The number of benzene rings is 11. The molecule has 0 aliphatic carbocycles. The molecule has 1 aromatic heterocycles. The molecule has 12 rings (SSSR count). The molecule has 11 aromatic carbocycles. The zero-order valence-electron chi connectivity index (χ0n) is 27.6. The lowest BCUT2D eigenvalue weighted by molar-refractivity contribution is 0.670. The Morgan fingerprint density at radius 1 is 0.275 bits per heavy atom. The van der Waals surface area contributed by atoms with Crippen LogP contribution >= 0.6 is 0 Å². The van der Waals surface area contributed by atoms with Crippen molar-refractivity contribution < 1.29 is 4.42 Å². The van der Waals surface area contributed by atoms with Gasteiger partial charge >= 0.3 is 0 Å². The molecular weight excluding hydrogens is 617 g/mol. The first kappa shape index (κ1) is 27.2. The number of furan rings is 1.